The Morgan fingerprint density at radius 3 is 2.00 bits per heavy atom. The predicted octanol–water partition coefficient (Wildman–Crippen LogP) is 3.04. The summed E-state index contributed by atoms with van der Waals surface area (Å²) < 4.78 is 25.7. The normalized spacial score (nSPS) is 13.4. The van der Waals surface area contributed by atoms with Gasteiger partial charge in [0.15, 0.2) is 0 Å². The average molecular weight is 207 g/mol. The molecule has 0 saturated carbocycles. The summed E-state index contributed by atoms with van der Waals surface area (Å²) in [6.45, 7) is 7.98. The Morgan fingerprint density at radius 2 is 1.69 bits per heavy atom. The quantitative estimate of drug-likeness (QED) is 0.496. The fourth-order valence-corrected chi connectivity index (χ4v) is 2.10. The van der Waals surface area contributed by atoms with Crippen molar-refractivity contribution in [3.05, 3.63) is 0 Å². The van der Waals surface area contributed by atoms with Gasteiger partial charge in [0.1, 0.15) is 0 Å². The van der Waals surface area contributed by atoms with Crippen LogP contribution in [0.3, 0.4) is 0 Å². The van der Waals surface area contributed by atoms with Crippen molar-refractivity contribution in [1.29, 1.82) is 0 Å². The molecule has 0 saturated heterocycles. The number of hydrogen-bond acceptors (Lipinski definition) is 3. The molecule has 0 amide bonds. The lowest BCUT2D eigenvalue weighted by Gasteiger charge is -2.12. The molecular formula is C8H18NO3P. The molecule has 0 aromatic rings. The van der Waals surface area contributed by atoms with Crippen LogP contribution in [0.4, 0.5) is 0 Å². The topological polar surface area (TPSA) is 47.9 Å². The van der Waals surface area contributed by atoms with Crippen LogP contribution in [0.15, 0.2) is 4.76 Å². The minimum atomic E-state index is -3.20. The van der Waals surface area contributed by atoms with E-state index in [2.05, 4.69) is 4.76 Å². The molecule has 0 aliphatic rings. The third-order valence-corrected chi connectivity index (χ3v) is 3.14. The molecule has 0 aliphatic carbocycles. The molecule has 0 bridgehead atoms. The van der Waals surface area contributed by atoms with Crippen molar-refractivity contribution < 1.29 is 13.6 Å². The van der Waals surface area contributed by atoms with Crippen molar-refractivity contribution in [1.82, 2.24) is 0 Å². The number of nitrogens with zero attached hydrogens (tertiary/aromatic N) is 1. The Morgan fingerprint density at radius 1 is 1.23 bits per heavy atom. The predicted molar refractivity (Wildman–Crippen MR) is 54.3 cm³/mol. The Labute approximate surface area is 79.9 Å². The lowest BCUT2D eigenvalue weighted by atomic mass is 10.3. The molecule has 0 N–H and O–H groups in total. The van der Waals surface area contributed by atoms with Crippen molar-refractivity contribution in [3.8, 4) is 0 Å². The van der Waals surface area contributed by atoms with E-state index in [1.54, 1.807) is 13.8 Å². The summed E-state index contributed by atoms with van der Waals surface area (Å²) >= 11 is 0. The summed E-state index contributed by atoms with van der Waals surface area (Å²) in [5.74, 6) is 0. The van der Waals surface area contributed by atoms with E-state index in [9.17, 15) is 4.57 Å². The molecule has 0 heterocycles. The number of rotatable bonds is 6. The van der Waals surface area contributed by atoms with E-state index in [0.717, 1.165) is 12.1 Å². The molecule has 0 aliphatic heterocycles. The van der Waals surface area contributed by atoms with Gasteiger partial charge >= 0.3 is 7.75 Å². The monoisotopic (exact) mass is 207 g/mol. The van der Waals surface area contributed by atoms with Crippen LogP contribution < -0.4 is 0 Å². The number of hydrogen-bond donors (Lipinski definition) is 0. The highest BCUT2D eigenvalue weighted by Crippen LogP contribution is 2.49. The van der Waals surface area contributed by atoms with Gasteiger partial charge in [0.2, 0.25) is 0 Å². The summed E-state index contributed by atoms with van der Waals surface area (Å²) in [5, 5.41) is 0. The van der Waals surface area contributed by atoms with Gasteiger partial charge in [-0.15, -0.1) is 0 Å². The van der Waals surface area contributed by atoms with Crippen LogP contribution >= 0.6 is 7.75 Å². The Balaban J connectivity index is 4.49. The molecule has 0 fully saturated rings. The van der Waals surface area contributed by atoms with Crippen LogP contribution in [0.2, 0.25) is 0 Å². The molecule has 5 heteroatoms. The fourth-order valence-electron chi connectivity index (χ4n) is 0.701. The largest absolute Gasteiger partial charge is 0.453 e. The Kier molecular flexibility index (Phi) is 6.21. The van der Waals surface area contributed by atoms with Crippen molar-refractivity contribution >= 4 is 13.5 Å². The van der Waals surface area contributed by atoms with E-state index in [4.69, 9.17) is 9.05 Å². The van der Waals surface area contributed by atoms with Crippen LogP contribution in [0.25, 0.3) is 0 Å². The van der Waals surface area contributed by atoms with Gasteiger partial charge in [-0.3, -0.25) is 9.05 Å². The molecule has 0 radical (unpaired) electrons. The van der Waals surface area contributed by atoms with Crippen LogP contribution in [0.1, 0.15) is 34.1 Å². The van der Waals surface area contributed by atoms with E-state index in [1.165, 1.54) is 0 Å². The van der Waals surface area contributed by atoms with E-state index < -0.39 is 7.75 Å². The van der Waals surface area contributed by atoms with Gasteiger partial charge in [-0.1, -0.05) is 6.92 Å². The van der Waals surface area contributed by atoms with E-state index in [-0.39, 0.29) is 0 Å². The highest BCUT2D eigenvalue weighted by molar-refractivity contribution is 7.52. The van der Waals surface area contributed by atoms with Gasteiger partial charge in [-0.25, -0.2) is 4.57 Å². The highest BCUT2D eigenvalue weighted by Gasteiger charge is 2.21. The zero-order chi connectivity index (χ0) is 10.3. The van der Waals surface area contributed by atoms with Crippen LogP contribution in [0.5, 0.6) is 0 Å². The SMILES string of the molecule is CCOP(=O)(/N=C(\C)CC)OCC. The first-order chi connectivity index (χ1) is 6.08. The van der Waals surface area contributed by atoms with E-state index in [0.29, 0.717) is 13.2 Å². The van der Waals surface area contributed by atoms with Crippen molar-refractivity contribution in [3.63, 3.8) is 0 Å². The van der Waals surface area contributed by atoms with Crippen LogP contribution in [0, 0.1) is 0 Å². The maximum atomic E-state index is 11.8. The Hall–Kier alpha value is -0.180. The Bertz CT molecular complexity index is 205. The first-order valence-electron chi connectivity index (χ1n) is 4.52. The molecule has 0 unspecified atom stereocenters. The smallest absolute Gasteiger partial charge is 0.291 e. The lowest BCUT2D eigenvalue weighted by Crippen LogP contribution is -1.96. The summed E-state index contributed by atoms with van der Waals surface area (Å²) in [7, 11) is -3.20. The lowest BCUT2D eigenvalue weighted by molar-refractivity contribution is 0.221. The van der Waals surface area contributed by atoms with Gasteiger partial charge in [0.05, 0.1) is 13.2 Å². The van der Waals surface area contributed by atoms with Crippen LogP contribution in [-0.2, 0) is 13.6 Å². The summed E-state index contributed by atoms with van der Waals surface area (Å²) in [5.41, 5.74) is 0.783. The standard InChI is InChI=1S/C8H18NO3P/c1-5-8(4)9-13(10,11-6-2)12-7-3/h5-7H2,1-4H3/b9-8+. The maximum absolute atomic E-state index is 11.8. The zero-order valence-corrected chi connectivity index (χ0v) is 9.63. The fraction of sp³-hybridized carbons (Fsp3) is 0.875. The molecular weight excluding hydrogens is 189 g/mol. The van der Waals surface area contributed by atoms with Gasteiger partial charge in [-0.2, -0.15) is 4.76 Å². The minimum Gasteiger partial charge on any atom is -0.291 e. The van der Waals surface area contributed by atoms with E-state index in [1.807, 2.05) is 13.8 Å². The molecule has 78 valence electrons. The molecule has 0 spiro atoms. The van der Waals surface area contributed by atoms with Gasteiger partial charge in [-0.05, 0) is 27.2 Å². The molecule has 13 heavy (non-hydrogen) atoms. The van der Waals surface area contributed by atoms with Gasteiger partial charge in [0.25, 0.3) is 0 Å². The summed E-state index contributed by atoms with van der Waals surface area (Å²) in [6, 6.07) is 0. The molecule has 0 aromatic carbocycles. The third-order valence-electron chi connectivity index (χ3n) is 1.39. The highest BCUT2D eigenvalue weighted by atomic mass is 31.2. The first kappa shape index (κ1) is 12.8. The van der Waals surface area contributed by atoms with Crippen LogP contribution in [-0.4, -0.2) is 18.9 Å². The van der Waals surface area contributed by atoms with Gasteiger partial charge < -0.3 is 0 Å². The second-order valence-electron chi connectivity index (χ2n) is 2.49. The molecule has 4 nitrogen and oxygen atoms in total. The summed E-state index contributed by atoms with van der Waals surface area (Å²) in [4.78, 5) is 0. The second-order valence-corrected chi connectivity index (χ2v) is 4.15. The van der Waals surface area contributed by atoms with Gasteiger partial charge in [0, 0.05) is 5.71 Å². The molecule has 0 atom stereocenters. The van der Waals surface area contributed by atoms with Crippen molar-refractivity contribution in [2.45, 2.75) is 34.1 Å². The van der Waals surface area contributed by atoms with Crippen molar-refractivity contribution in [2.24, 2.45) is 4.76 Å². The van der Waals surface area contributed by atoms with E-state index >= 15 is 0 Å². The zero-order valence-electron chi connectivity index (χ0n) is 8.74. The summed E-state index contributed by atoms with van der Waals surface area (Å²) in [6.07, 6.45) is 0.754. The molecule has 0 aromatic heterocycles. The second kappa shape index (κ2) is 6.30. The molecule has 0 rings (SSSR count). The minimum absolute atomic E-state index is 0.345. The first-order valence-corrected chi connectivity index (χ1v) is 6.02. The maximum Gasteiger partial charge on any atom is 0.453 e. The average Bonchev–Trinajstić information content (AvgIpc) is 2.04. The van der Waals surface area contributed by atoms with Crippen molar-refractivity contribution in [2.75, 3.05) is 13.2 Å². The third kappa shape index (κ3) is 5.19.